The minimum absolute atomic E-state index is 0.223. The maximum absolute atomic E-state index is 13.6. The van der Waals surface area contributed by atoms with Gasteiger partial charge in [-0.1, -0.05) is 0 Å². The molecule has 2 rings (SSSR count). The molecule has 0 saturated carbocycles. The Morgan fingerprint density at radius 3 is 2.82 bits per heavy atom. The van der Waals surface area contributed by atoms with Crippen LogP contribution >= 0.6 is 11.3 Å². The third-order valence-corrected chi connectivity index (χ3v) is 3.58. The molecule has 1 aromatic heterocycles. The van der Waals surface area contributed by atoms with Crippen LogP contribution in [0.2, 0.25) is 0 Å². The molecule has 0 aliphatic carbocycles. The minimum Gasteiger partial charge on any atom is -0.315 e. The minimum atomic E-state index is -0.454. The highest BCUT2D eigenvalue weighted by Gasteiger charge is 2.13. The average Bonchev–Trinajstić information content (AvgIpc) is 2.64. The number of hydrogen-bond acceptors (Lipinski definition) is 3. The first kappa shape index (κ1) is 12.1. The zero-order chi connectivity index (χ0) is 12.4. The second-order valence-corrected chi connectivity index (χ2v) is 4.77. The van der Waals surface area contributed by atoms with Crippen LogP contribution in [0.3, 0.4) is 0 Å². The molecule has 2 aromatic rings. The molecule has 0 amide bonds. The first-order valence-corrected chi connectivity index (χ1v) is 6.00. The molecule has 0 unspecified atom stereocenters. The highest BCUT2D eigenvalue weighted by molar-refractivity contribution is 7.15. The summed E-state index contributed by atoms with van der Waals surface area (Å²) in [5.41, 5.74) is 1.07. The SMILES string of the molecule is CNCc1sc(-c2cc(F)ccc2F)nc1C. The number of benzene rings is 1. The maximum atomic E-state index is 13.6. The van der Waals surface area contributed by atoms with Gasteiger partial charge in [-0.3, -0.25) is 0 Å². The summed E-state index contributed by atoms with van der Waals surface area (Å²) >= 11 is 1.38. The highest BCUT2D eigenvalue weighted by Crippen LogP contribution is 2.30. The van der Waals surface area contributed by atoms with E-state index in [1.807, 2.05) is 14.0 Å². The molecular weight excluding hydrogens is 242 g/mol. The van der Waals surface area contributed by atoms with Crippen LogP contribution in [0.15, 0.2) is 18.2 Å². The van der Waals surface area contributed by atoms with E-state index in [2.05, 4.69) is 10.3 Å². The van der Waals surface area contributed by atoms with Gasteiger partial charge in [0.25, 0.3) is 0 Å². The molecule has 1 aromatic carbocycles. The molecular formula is C12H12F2N2S. The third kappa shape index (κ3) is 2.50. The lowest BCUT2D eigenvalue weighted by atomic mass is 10.2. The molecule has 0 radical (unpaired) electrons. The van der Waals surface area contributed by atoms with E-state index in [1.54, 1.807) is 0 Å². The molecule has 0 aliphatic rings. The van der Waals surface area contributed by atoms with Crippen molar-refractivity contribution >= 4 is 11.3 Å². The summed E-state index contributed by atoms with van der Waals surface area (Å²) in [6.07, 6.45) is 0. The third-order valence-electron chi connectivity index (χ3n) is 2.39. The van der Waals surface area contributed by atoms with E-state index >= 15 is 0 Å². The van der Waals surface area contributed by atoms with E-state index in [4.69, 9.17) is 0 Å². The fourth-order valence-electron chi connectivity index (χ4n) is 1.53. The Morgan fingerprint density at radius 2 is 2.12 bits per heavy atom. The Hall–Kier alpha value is -1.33. The predicted octanol–water partition coefficient (Wildman–Crippen LogP) is 3.12. The molecule has 0 aliphatic heterocycles. The topological polar surface area (TPSA) is 24.9 Å². The van der Waals surface area contributed by atoms with Crippen LogP contribution < -0.4 is 5.32 Å². The molecule has 90 valence electrons. The number of aryl methyl sites for hydroxylation is 1. The molecule has 0 saturated heterocycles. The van der Waals surface area contributed by atoms with Gasteiger partial charge in [-0.05, 0) is 32.2 Å². The van der Waals surface area contributed by atoms with Crippen LogP contribution in [0, 0.1) is 18.6 Å². The monoisotopic (exact) mass is 254 g/mol. The molecule has 1 heterocycles. The summed E-state index contributed by atoms with van der Waals surface area (Å²) in [5, 5.41) is 3.54. The van der Waals surface area contributed by atoms with Crippen molar-refractivity contribution in [2.45, 2.75) is 13.5 Å². The molecule has 2 nitrogen and oxygen atoms in total. The molecule has 1 N–H and O–H groups in total. The van der Waals surface area contributed by atoms with Crippen molar-refractivity contribution in [1.29, 1.82) is 0 Å². The van der Waals surface area contributed by atoms with Gasteiger partial charge < -0.3 is 5.32 Å². The summed E-state index contributed by atoms with van der Waals surface area (Å²) in [6.45, 7) is 2.55. The smallest absolute Gasteiger partial charge is 0.133 e. The van der Waals surface area contributed by atoms with Crippen LogP contribution in [0.25, 0.3) is 10.6 Å². The first-order valence-electron chi connectivity index (χ1n) is 5.18. The van der Waals surface area contributed by atoms with Crippen molar-refractivity contribution in [3.8, 4) is 10.6 Å². The van der Waals surface area contributed by atoms with Crippen LogP contribution in [0.1, 0.15) is 10.6 Å². The Kier molecular flexibility index (Phi) is 3.49. The summed E-state index contributed by atoms with van der Waals surface area (Å²) in [7, 11) is 1.83. The lowest BCUT2D eigenvalue weighted by Crippen LogP contribution is -2.04. The summed E-state index contributed by atoms with van der Waals surface area (Å²) < 4.78 is 26.7. The van der Waals surface area contributed by atoms with Crippen molar-refractivity contribution < 1.29 is 8.78 Å². The van der Waals surface area contributed by atoms with Gasteiger partial charge in [-0.2, -0.15) is 0 Å². The molecule has 5 heteroatoms. The van der Waals surface area contributed by atoms with Crippen LogP contribution in [0.4, 0.5) is 8.78 Å². The molecule has 17 heavy (non-hydrogen) atoms. The number of nitrogens with one attached hydrogen (secondary N) is 1. The number of thiazole rings is 1. The van der Waals surface area contributed by atoms with Crippen LogP contribution in [-0.4, -0.2) is 12.0 Å². The molecule has 0 atom stereocenters. The van der Waals surface area contributed by atoms with Crippen molar-refractivity contribution in [3.63, 3.8) is 0 Å². The van der Waals surface area contributed by atoms with E-state index in [0.717, 1.165) is 22.7 Å². The largest absolute Gasteiger partial charge is 0.315 e. The van der Waals surface area contributed by atoms with Crippen molar-refractivity contribution in [2.75, 3.05) is 7.05 Å². The summed E-state index contributed by atoms with van der Waals surface area (Å²) in [4.78, 5) is 5.31. The summed E-state index contributed by atoms with van der Waals surface area (Å²) in [5.74, 6) is -0.902. The van der Waals surface area contributed by atoms with Crippen molar-refractivity contribution in [2.24, 2.45) is 0 Å². The molecule has 0 bridgehead atoms. The fourth-order valence-corrected chi connectivity index (χ4v) is 2.62. The van der Waals surface area contributed by atoms with Crippen LogP contribution in [0.5, 0.6) is 0 Å². The number of nitrogens with zero attached hydrogens (tertiary/aromatic N) is 1. The fraction of sp³-hybridized carbons (Fsp3) is 0.250. The van der Waals surface area contributed by atoms with E-state index in [9.17, 15) is 8.78 Å². The maximum Gasteiger partial charge on any atom is 0.133 e. The van der Waals surface area contributed by atoms with Gasteiger partial charge in [0.2, 0.25) is 0 Å². The van der Waals surface area contributed by atoms with Gasteiger partial charge in [-0.15, -0.1) is 11.3 Å². The number of aromatic nitrogens is 1. The number of hydrogen-bond donors (Lipinski definition) is 1. The van der Waals surface area contributed by atoms with Crippen molar-refractivity contribution in [1.82, 2.24) is 10.3 Å². The Bertz CT molecular complexity index is 537. The normalized spacial score (nSPS) is 10.8. The van der Waals surface area contributed by atoms with E-state index in [-0.39, 0.29) is 5.56 Å². The second-order valence-electron chi connectivity index (χ2n) is 3.68. The Balaban J connectivity index is 2.45. The molecule has 0 spiro atoms. The quantitative estimate of drug-likeness (QED) is 0.910. The van der Waals surface area contributed by atoms with Gasteiger partial charge in [0.05, 0.1) is 5.69 Å². The lowest BCUT2D eigenvalue weighted by molar-refractivity contribution is 0.603. The number of halogens is 2. The average molecular weight is 254 g/mol. The van der Waals surface area contributed by atoms with Crippen LogP contribution in [-0.2, 0) is 6.54 Å². The van der Waals surface area contributed by atoms with E-state index in [1.165, 1.54) is 17.4 Å². The van der Waals surface area contributed by atoms with E-state index < -0.39 is 11.6 Å². The predicted molar refractivity (Wildman–Crippen MR) is 65.0 cm³/mol. The Morgan fingerprint density at radius 1 is 1.35 bits per heavy atom. The lowest BCUT2D eigenvalue weighted by Gasteiger charge is -1.98. The molecule has 0 fully saturated rings. The zero-order valence-electron chi connectivity index (χ0n) is 9.55. The second kappa shape index (κ2) is 4.89. The van der Waals surface area contributed by atoms with Gasteiger partial charge >= 0.3 is 0 Å². The number of rotatable bonds is 3. The van der Waals surface area contributed by atoms with Gasteiger partial charge in [0.1, 0.15) is 16.6 Å². The first-order chi connectivity index (χ1) is 8.11. The Labute approximate surface area is 102 Å². The standard InChI is InChI=1S/C12H12F2N2S/c1-7-11(6-15-2)17-12(16-7)9-5-8(13)3-4-10(9)14/h3-5,15H,6H2,1-2H3. The van der Waals surface area contributed by atoms with Gasteiger partial charge in [0.15, 0.2) is 0 Å². The highest BCUT2D eigenvalue weighted by atomic mass is 32.1. The van der Waals surface area contributed by atoms with Crippen molar-refractivity contribution in [3.05, 3.63) is 40.4 Å². The van der Waals surface area contributed by atoms with E-state index in [0.29, 0.717) is 11.6 Å². The summed E-state index contributed by atoms with van der Waals surface area (Å²) in [6, 6.07) is 3.41. The zero-order valence-corrected chi connectivity index (χ0v) is 10.4. The van der Waals surface area contributed by atoms with Gasteiger partial charge in [-0.25, -0.2) is 13.8 Å². The van der Waals surface area contributed by atoms with Gasteiger partial charge in [0, 0.05) is 17.0 Å².